The van der Waals surface area contributed by atoms with E-state index < -0.39 is 35.2 Å². The summed E-state index contributed by atoms with van der Waals surface area (Å²) in [5.41, 5.74) is 0.348. The summed E-state index contributed by atoms with van der Waals surface area (Å²) >= 11 is 5.70. The van der Waals surface area contributed by atoms with Crippen molar-refractivity contribution in [2.24, 2.45) is 0 Å². The second kappa shape index (κ2) is 8.05. The minimum absolute atomic E-state index is 0.173. The number of hydrogen-bond donors (Lipinski definition) is 1. The van der Waals surface area contributed by atoms with Crippen LogP contribution in [0.5, 0.6) is 0 Å². The topological polar surface area (TPSA) is 72.5 Å². The molecule has 5 nitrogen and oxygen atoms in total. The Labute approximate surface area is 152 Å². The van der Waals surface area contributed by atoms with Crippen molar-refractivity contribution in [2.75, 3.05) is 5.32 Å². The van der Waals surface area contributed by atoms with Gasteiger partial charge >= 0.3 is 5.97 Å². The van der Waals surface area contributed by atoms with Gasteiger partial charge in [-0.3, -0.25) is 9.59 Å². The molecule has 0 radical (unpaired) electrons. The van der Waals surface area contributed by atoms with Gasteiger partial charge in [0.25, 0.3) is 5.91 Å². The number of anilines is 1. The number of ketones is 1. The zero-order chi connectivity index (χ0) is 19.4. The molecule has 1 N–H and O–H groups in total. The smallest absolute Gasteiger partial charge is 0.340 e. The quantitative estimate of drug-likeness (QED) is 0.482. The molecule has 2 aromatic rings. The molecule has 0 aliphatic rings. The zero-order valence-corrected chi connectivity index (χ0v) is 14.6. The lowest BCUT2D eigenvalue weighted by molar-refractivity contribution is -0.123. The average Bonchev–Trinajstić information content (AvgIpc) is 2.58. The van der Waals surface area contributed by atoms with Gasteiger partial charge in [-0.25, -0.2) is 13.6 Å². The Morgan fingerprint density at radius 2 is 1.77 bits per heavy atom. The van der Waals surface area contributed by atoms with Gasteiger partial charge in [-0.2, -0.15) is 0 Å². The van der Waals surface area contributed by atoms with Crippen molar-refractivity contribution < 1.29 is 27.9 Å². The van der Waals surface area contributed by atoms with Crippen LogP contribution in [0.15, 0.2) is 36.4 Å². The van der Waals surface area contributed by atoms with Crippen LogP contribution in [0, 0.1) is 11.6 Å². The van der Waals surface area contributed by atoms with E-state index >= 15 is 0 Å². The number of hydrogen-bond acceptors (Lipinski definition) is 4. The highest BCUT2D eigenvalue weighted by molar-refractivity contribution is 6.33. The predicted molar refractivity (Wildman–Crippen MR) is 91.3 cm³/mol. The zero-order valence-electron chi connectivity index (χ0n) is 13.8. The molecule has 0 aliphatic carbocycles. The van der Waals surface area contributed by atoms with Crippen LogP contribution >= 0.6 is 11.6 Å². The van der Waals surface area contributed by atoms with Crippen molar-refractivity contribution in [1.29, 1.82) is 0 Å². The van der Waals surface area contributed by atoms with E-state index in [0.29, 0.717) is 23.4 Å². The van der Waals surface area contributed by atoms with Crippen molar-refractivity contribution >= 4 is 34.9 Å². The molecule has 0 saturated heterocycles. The normalized spacial score (nSPS) is 11.6. The number of carbonyl (C=O) groups is 3. The highest BCUT2D eigenvalue weighted by atomic mass is 35.5. The van der Waals surface area contributed by atoms with Gasteiger partial charge < -0.3 is 10.1 Å². The summed E-state index contributed by atoms with van der Waals surface area (Å²) in [6, 6.07) is 7.45. The molecule has 2 aromatic carbocycles. The van der Waals surface area contributed by atoms with E-state index in [1.54, 1.807) is 18.2 Å². The van der Waals surface area contributed by atoms with E-state index in [0.717, 1.165) is 0 Å². The van der Waals surface area contributed by atoms with Crippen molar-refractivity contribution in [3.05, 3.63) is 64.2 Å². The first kappa shape index (κ1) is 19.5. The van der Waals surface area contributed by atoms with Crippen LogP contribution in [0.25, 0.3) is 0 Å². The molecule has 8 heteroatoms. The summed E-state index contributed by atoms with van der Waals surface area (Å²) in [4.78, 5) is 35.5. The highest BCUT2D eigenvalue weighted by Gasteiger charge is 2.22. The summed E-state index contributed by atoms with van der Waals surface area (Å²) in [5.74, 6) is -4.39. The minimum atomic E-state index is -1.26. The molecular weight excluding hydrogens is 368 g/mol. The Morgan fingerprint density at radius 1 is 1.12 bits per heavy atom. The molecule has 0 aliphatic heterocycles. The second-order valence-electron chi connectivity index (χ2n) is 5.42. The monoisotopic (exact) mass is 381 g/mol. The Hall–Kier alpha value is -2.80. The van der Waals surface area contributed by atoms with E-state index in [4.69, 9.17) is 16.3 Å². The molecule has 26 heavy (non-hydrogen) atoms. The average molecular weight is 382 g/mol. The minimum Gasteiger partial charge on any atom is -0.449 e. The molecule has 0 saturated carbocycles. The standard InChI is InChI=1S/C18H14ClF2NO4/c1-9(23)11-4-3-5-12(6-11)22-17(24)10(2)26-18(25)13-7-15(20)16(21)8-14(13)19/h3-8,10H,1-2H3,(H,22,24)/t10-/m0/s1. The lowest BCUT2D eigenvalue weighted by atomic mass is 10.1. The lowest BCUT2D eigenvalue weighted by Crippen LogP contribution is -2.30. The molecule has 1 atom stereocenters. The van der Waals surface area contributed by atoms with Gasteiger partial charge in [0.15, 0.2) is 23.5 Å². The summed E-state index contributed by atoms with van der Waals surface area (Å²) in [5, 5.41) is 2.16. The Balaban J connectivity index is 2.07. The predicted octanol–water partition coefficient (Wildman–Crippen LogP) is 4.00. The number of carbonyl (C=O) groups excluding carboxylic acids is 3. The van der Waals surface area contributed by atoms with Crippen LogP contribution in [0.1, 0.15) is 34.6 Å². The number of ether oxygens (including phenoxy) is 1. The maximum Gasteiger partial charge on any atom is 0.340 e. The molecule has 136 valence electrons. The first-order valence-corrected chi connectivity index (χ1v) is 7.84. The SMILES string of the molecule is CC(=O)c1cccc(NC(=O)[C@H](C)OC(=O)c2cc(F)c(F)cc2Cl)c1. The largest absolute Gasteiger partial charge is 0.449 e. The van der Waals surface area contributed by atoms with Crippen LogP contribution in [0.3, 0.4) is 0 Å². The van der Waals surface area contributed by atoms with Crippen molar-refractivity contribution in [2.45, 2.75) is 20.0 Å². The van der Waals surface area contributed by atoms with Gasteiger partial charge in [0, 0.05) is 11.3 Å². The molecule has 0 fully saturated rings. The van der Waals surface area contributed by atoms with Crippen LogP contribution in [0.2, 0.25) is 5.02 Å². The van der Waals surface area contributed by atoms with Gasteiger partial charge in [-0.1, -0.05) is 23.7 Å². The third-order valence-electron chi connectivity index (χ3n) is 3.42. The molecule has 2 rings (SSSR count). The molecule has 0 unspecified atom stereocenters. The van der Waals surface area contributed by atoms with Crippen molar-refractivity contribution in [3.63, 3.8) is 0 Å². The molecule has 0 bridgehead atoms. The number of rotatable bonds is 5. The summed E-state index contributed by atoms with van der Waals surface area (Å²) in [6.45, 7) is 2.69. The second-order valence-corrected chi connectivity index (χ2v) is 5.83. The van der Waals surface area contributed by atoms with Crippen LogP contribution < -0.4 is 5.32 Å². The molecule has 0 heterocycles. The van der Waals surface area contributed by atoms with Gasteiger partial charge in [0.2, 0.25) is 0 Å². The van der Waals surface area contributed by atoms with Crippen molar-refractivity contribution in [3.8, 4) is 0 Å². The van der Waals surface area contributed by atoms with Crippen LogP contribution in [0.4, 0.5) is 14.5 Å². The number of amides is 1. The molecular formula is C18H14ClF2NO4. The number of esters is 1. The van der Waals surface area contributed by atoms with Crippen molar-refractivity contribution in [1.82, 2.24) is 0 Å². The maximum atomic E-state index is 13.3. The third-order valence-corrected chi connectivity index (χ3v) is 3.73. The van der Waals surface area contributed by atoms with Crippen LogP contribution in [-0.4, -0.2) is 23.8 Å². The Kier molecular flexibility index (Phi) is 6.05. The highest BCUT2D eigenvalue weighted by Crippen LogP contribution is 2.21. The molecule has 0 spiro atoms. The third kappa shape index (κ3) is 4.64. The van der Waals surface area contributed by atoms with Gasteiger partial charge in [0.05, 0.1) is 10.6 Å². The molecule has 1 amide bonds. The summed E-state index contributed by atoms with van der Waals surface area (Å²) in [7, 11) is 0. The van der Waals surface area contributed by atoms with E-state index in [1.807, 2.05) is 0 Å². The van der Waals surface area contributed by atoms with E-state index in [-0.39, 0.29) is 10.8 Å². The number of nitrogens with one attached hydrogen (secondary N) is 1. The Morgan fingerprint density at radius 3 is 2.42 bits per heavy atom. The first-order valence-electron chi connectivity index (χ1n) is 7.46. The van der Waals surface area contributed by atoms with E-state index in [9.17, 15) is 23.2 Å². The van der Waals surface area contributed by atoms with Gasteiger partial charge in [-0.05, 0) is 38.1 Å². The first-order chi connectivity index (χ1) is 12.2. The fraction of sp³-hybridized carbons (Fsp3) is 0.167. The number of halogens is 3. The van der Waals surface area contributed by atoms with E-state index in [2.05, 4.69) is 5.32 Å². The lowest BCUT2D eigenvalue weighted by Gasteiger charge is -2.14. The fourth-order valence-electron chi connectivity index (χ4n) is 2.02. The fourth-order valence-corrected chi connectivity index (χ4v) is 2.24. The van der Waals surface area contributed by atoms with E-state index in [1.165, 1.54) is 19.9 Å². The Bertz CT molecular complexity index is 885. The number of Topliss-reactive ketones (excluding diaryl/α,β-unsaturated/α-hetero) is 1. The number of benzene rings is 2. The van der Waals surface area contributed by atoms with Crippen LogP contribution in [-0.2, 0) is 9.53 Å². The molecule has 0 aromatic heterocycles. The summed E-state index contributed by atoms with van der Waals surface area (Å²) < 4.78 is 31.2. The van der Waals surface area contributed by atoms with Gasteiger partial charge in [0.1, 0.15) is 0 Å². The summed E-state index contributed by atoms with van der Waals surface area (Å²) in [6.07, 6.45) is -1.24. The van der Waals surface area contributed by atoms with Gasteiger partial charge in [-0.15, -0.1) is 0 Å². The maximum absolute atomic E-state index is 13.3.